The number of carbonyl (C=O) groups excluding carboxylic acids is 2. The number of nitrogens with one attached hydrogen (secondary N) is 1. The molecule has 2 heterocycles. The molecule has 7 heteroatoms. The minimum Gasteiger partial charge on any atom is -0.497 e. The van der Waals surface area contributed by atoms with Crippen molar-refractivity contribution in [2.75, 3.05) is 26.8 Å². The van der Waals surface area contributed by atoms with Gasteiger partial charge in [0.05, 0.1) is 19.6 Å². The van der Waals surface area contributed by atoms with E-state index in [1.54, 1.807) is 12.0 Å². The second-order valence-electron chi connectivity index (χ2n) is 7.27. The highest BCUT2D eigenvalue weighted by atomic mass is 16.6. The third-order valence-corrected chi connectivity index (χ3v) is 5.19. The monoisotopic (exact) mass is 396 g/mol. The first kappa shape index (κ1) is 19.1. The number of ether oxygens (including phenoxy) is 3. The number of amides is 2. The van der Waals surface area contributed by atoms with Crippen molar-refractivity contribution in [2.45, 2.75) is 19.1 Å². The van der Waals surface area contributed by atoms with Crippen molar-refractivity contribution in [2.24, 2.45) is 5.92 Å². The maximum absolute atomic E-state index is 12.6. The van der Waals surface area contributed by atoms with Crippen molar-refractivity contribution < 1.29 is 23.8 Å². The molecule has 29 heavy (non-hydrogen) atoms. The zero-order valence-corrected chi connectivity index (χ0v) is 16.3. The molecule has 4 rings (SSSR count). The number of methoxy groups -OCH3 is 1. The Hall–Kier alpha value is -3.22. The molecule has 2 aliphatic heterocycles. The second kappa shape index (κ2) is 8.43. The van der Waals surface area contributed by atoms with Crippen molar-refractivity contribution in [3.05, 3.63) is 54.1 Å². The van der Waals surface area contributed by atoms with E-state index in [0.29, 0.717) is 37.7 Å². The average Bonchev–Trinajstić information content (AvgIpc) is 3.12. The van der Waals surface area contributed by atoms with Crippen molar-refractivity contribution in [3.8, 4) is 17.2 Å². The summed E-state index contributed by atoms with van der Waals surface area (Å²) in [5, 5.41) is 2.91. The molecule has 2 unspecified atom stereocenters. The molecule has 0 aliphatic carbocycles. The van der Waals surface area contributed by atoms with Gasteiger partial charge in [0.15, 0.2) is 11.5 Å². The lowest BCUT2D eigenvalue weighted by molar-refractivity contribution is -0.129. The summed E-state index contributed by atoms with van der Waals surface area (Å²) in [5.74, 6) is 1.68. The van der Waals surface area contributed by atoms with Crippen LogP contribution in [0.5, 0.6) is 17.2 Å². The molecule has 0 spiro atoms. The van der Waals surface area contributed by atoms with E-state index < -0.39 is 0 Å². The fourth-order valence-corrected chi connectivity index (χ4v) is 3.57. The van der Waals surface area contributed by atoms with Crippen LogP contribution in [0.4, 0.5) is 0 Å². The van der Waals surface area contributed by atoms with Gasteiger partial charge in [0.25, 0.3) is 0 Å². The fraction of sp³-hybridized carbons (Fsp3) is 0.364. The molecule has 152 valence electrons. The first-order chi connectivity index (χ1) is 14.1. The molecular formula is C22H24N2O5. The van der Waals surface area contributed by atoms with Crippen LogP contribution in [0.25, 0.3) is 0 Å². The van der Waals surface area contributed by atoms with E-state index in [0.717, 1.165) is 11.3 Å². The van der Waals surface area contributed by atoms with Crippen LogP contribution >= 0.6 is 0 Å². The van der Waals surface area contributed by atoms with E-state index in [1.165, 1.54) is 0 Å². The van der Waals surface area contributed by atoms with E-state index in [-0.39, 0.29) is 30.3 Å². The number of nitrogens with zero attached hydrogens (tertiary/aromatic N) is 1. The Balaban J connectivity index is 1.27. The van der Waals surface area contributed by atoms with Gasteiger partial charge in [-0.2, -0.15) is 0 Å². The molecule has 2 atom stereocenters. The van der Waals surface area contributed by atoms with Crippen molar-refractivity contribution >= 4 is 11.8 Å². The molecule has 0 aromatic heterocycles. The van der Waals surface area contributed by atoms with Gasteiger partial charge in [-0.25, -0.2) is 0 Å². The highest BCUT2D eigenvalue weighted by molar-refractivity contribution is 5.89. The summed E-state index contributed by atoms with van der Waals surface area (Å²) in [4.78, 5) is 26.6. The summed E-state index contributed by atoms with van der Waals surface area (Å²) in [6.07, 6.45) is -0.0197. The van der Waals surface area contributed by atoms with Crippen molar-refractivity contribution in [1.29, 1.82) is 0 Å². The predicted octanol–water partition coefficient (Wildman–Crippen LogP) is 2.00. The van der Waals surface area contributed by atoms with Gasteiger partial charge >= 0.3 is 0 Å². The topological polar surface area (TPSA) is 77.1 Å². The molecule has 1 fully saturated rings. The molecular weight excluding hydrogens is 372 g/mol. The lowest BCUT2D eigenvalue weighted by Crippen LogP contribution is -2.43. The summed E-state index contributed by atoms with van der Waals surface area (Å²) in [6, 6.07) is 15.1. The maximum Gasteiger partial charge on any atom is 0.225 e. The lowest BCUT2D eigenvalue weighted by Gasteiger charge is -2.26. The van der Waals surface area contributed by atoms with Crippen molar-refractivity contribution in [3.63, 3.8) is 0 Å². The quantitative estimate of drug-likeness (QED) is 0.808. The average molecular weight is 396 g/mol. The lowest BCUT2D eigenvalue weighted by atomic mass is 10.1. The minimum atomic E-state index is -0.349. The number of likely N-dealkylation sites (tertiary alicyclic amines) is 1. The standard InChI is InChI=1S/C22H24N2O5/c1-27-17-8-6-15(7-9-17)12-24-13-16(10-21(24)25)22(26)23-11-18-14-28-19-4-2-3-5-20(19)29-18/h2-9,16,18H,10-14H2,1H3,(H,23,26). The van der Waals surface area contributed by atoms with Crippen LogP contribution in [0.2, 0.25) is 0 Å². The Bertz CT molecular complexity index is 883. The molecule has 0 radical (unpaired) electrons. The van der Waals surface area contributed by atoms with Crippen LogP contribution in [-0.4, -0.2) is 49.6 Å². The van der Waals surface area contributed by atoms with Gasteiger partial charge in [0.2, 0.25) is 11.8 Å². The zero-order chi connectivity index (χ0) is 20.2. The Morgan fingerprint density at radius 3 is 2.69 bits per heavy atom. The van der Waals surface area contributed by atoms with Crippen LogP contribution < -0.4 is 19.5 Å². The van der Waals surface area contributed by atoms with E-state index in [2.05, 4.69) is 5.32 Å². The van der Waals surface area contributed by atoms with Gasteiger partial charge in [-0.05, 0) is 29.8 Å². The maximum atomic E-state index is 12.6. The number of hydrogen-bond donors (Lipinski definition) is 1. The molecule has 1 N–H and O–H groups in total. The Morgan fingerprint density at radius 2 is 1.93 bits per heavy atom. The van der Waals surface area contributed by atoms with Crippen LogP contribution in [0.1, 0.15) is 12.0 Å². The minimum absolute atomic E-state index is 0.00727. The molecule has 0 bridgehead atoms. The Kier molecular flexibility index (Phi) is 5.55. The molecule has 1 saturated heterocycles. The van der Waals surface area contributed by atoms with E-state index in [4.69, 9.17) is 14.2 Å². The van der Waals surface area contributed by atoms with Gasteiger partial charge in [-0.1, -0.05) is 24.3 Å². The molecule has 2 aliphatic rings. The number of para-hydroxylation sites is 2. The summed E-state index contributed by atoms with van der Waals surface area (Å²) < 4.78 is 16.7. The number of carbonyl (C=O) groups is 2. The van der Waals surface area contributed by atoms with E-state index in [1.807, 2.05) is 48.5 Å². The zero-order valence-electron chi connectivity index (χ0n) is 16.3. The molecule has 0 saturated carbocycles. The van der Waals surface area contributed by atoms with Crippen LogP contribution in [0, 0.1) is 5.92 Å². The molecule has 2 aromatic rings. The largest absolute Gasteiger partial charge is 0.497 e. The fourth-order valence-electron chi connectivity index (χ4n) is 3.57. The number of rotatable bonds is 6. The molecule has 2 aromatic carbocycles. The summed E-state index contributed by atoms with van der Waals surface area (Å²) in [6.45, 7) is 1.63. The highest BCUT2D eigenvalue weighted by Crippen LogP contribution is 2.30. The number of hydrogen-bond acceptors (Lipinski definition) is 5. The first-order valence-electron chi connectivity index (χ1n) is 9.69. The Morgan fingerprint density at radius 1 is 1.17 bits per heavy atom. The molecule has 7 nitrogen and oxygen atoms in total. The van der Waals surface area contributed by atoms with Crippen LogP contribution in [-0.2, 0) is 16.1 Å². The molecule has 2 amide bonds. The summed E-state index contributed by atoms with van der Waals surface area (Å²) in [5.41, 5.74) is 1.01. The van der Waals surface area contributed by atoms with Gasteiger partial charge in [-0.3, -0.25) is 9.59 Å². The normalized spacial score (nSPS) is 20.4. The predicted molar refractivity (Wildman–Crippen MR) is 106 cm³/mol. The summed E-state index contributed by atoms with van der Waals surface area (Å²) in [7, 11) is 1.62. The van der Waals surface area contributed by atoms with Gasteiger partial charge in [0.1, 0.15) is 18.5 Å². The smallest absolute Gasteiger partial charge is 0.225 e. The summed E-state index contributed by atoms with van der Waals surface area (Å²) >= 11 is 0. The third-order valence-electron chi connectivity index (χ3n) is 5.19. The number of benzene rings is 2. The third kappa shape index (κ3) is 4.45. The van der Waals surface area contributed by atoms with Crippen LogP contribution in [0.3, 0.4) is 0 Å². The van der Waals surface area contributed by atoms with Crippen molar-refractivity contribution in [1.82, 2.24) is 10.2 Å². The van der Waals surface area contributed by atoms with Gasteiger partial charge in [-0.15, -0.1) is 0 Å². The number of fused-ring (bicyclic) bond motifs is 1. The first-order valence-corrected chi connectivity index (χ1v) is 9.69. The van der Waals surface area contributed by atoms with E-state index in [9.17, 15) is 9.59 Å². The van der Waals surface area contributed by atoms with Gasteiger partial charge in [0, 0.05) is 19.5 Å². The second-order valence-corrected chi connectivity index (χ2v) is 7.27. The SMILES string of the molecule is COc1ccc(CN2CC(C(=O)NCC3COc4ccccc4O3)CC2=O)cc1. The van der Waals surface area contributed by atoms with Gasteiger partial charge < -0.3 is 24.4 Å². The Labute approximate surface area is 169 Å². The van der Waals surface area contributed by atoms with Crippen LogP contribution in [0.15, 0.2) is 48.5 Å². The van der Waals surface area contributed by atoms with E-state index >= 15 is 0 Å². The highest BCUT2D eigenvalue weighted by Gasteiger charge is 2.34.